The molecule has 0 amide bonds. The fourth-order valence-corrected chi connectivity index (χ4v) is 1.45. The van der Waals surface area contributed by atoms with E-state index in [1.54, 1.807) is 24.3 Å². The molecule has 0 aliphatic carbocycles. The number of hydrogen-bond acceptors (Lipinski definition) is 4. The lowest BCUT2D eigenvalue weighted by Gasteiger charge is -2.05. The number of ether oxygens (including phenoxy) is 1. The number of carbonyl (C=O) groups excluding carboxylic acids is 1. The van der Waals surface area contributed by atoms with Crippen LogP contribution in [0.3, 0.4) is 0 Å². The van der Waals surface area contributed by atoms with Crippen molar-refractivity contribution in [3.63, 3.8) is 0 Å². The zero-order valence-electron chi connectivity index (χ0n) is 9.48. The van der Waals surface area contributed by atoms with Gasteiger partial charge in [-0.05, 0) is 29.7 Å². The van der Waals surface area contributed by atoms with E-state index < -0.39 is 13.1 Å². The molecule has 4 nitrogen and oxygen atoms in total. The maximum absolute atomic E-state index is 11.7. The third kappa shape index (κ3) is 2.97. The van der Waals surface area contributed by atoms with Crippen LogP contribution in [-0.2, 0) is 0 Å². The summed E-state index contributed by atoms with van der Waals surface area (Å²) < 4.78 is 5.13. The van der Waals surface area contributed by atoms with Gasteiger partial charge in [0.1, 0.15) is 5.75 Å². The molecule has 90 valence electrons. The van der Waals surface area contributed by atoms with E-state index in [4.69, 9.17) is 14.8 Å². The second-order valence-electron chi connectivity index (χ2n) is 3.70. The normalized spacial score (nSPS) is 9.89. The van der Waals surface area contributed by atoms with Crippen molar-refractivity contribution in [2.45, 2.75) is 0 Å². The molecule has 0 aromatic heterocycles. The molecule has 2 rings (SSSR count). The summed E-state index contributed by atoms with van der Waals surface area (Å²) in [6.45, 7) is 0. The fraction of sp³-hybridized carbons (Fsp3) is 0. The van der Waals surface area contributed by atoms with Crippen LogP contribution in [0.2, 0.25) is 0 Å². The van der Waals surface area contributed by atoms with E-state index in [2.05, 4.69) is 0 Å². The highest BCUT2D eigenvalue weighted by Crippen LogP contribution is 2.11. The van der Waals surface area contributed by atoms with E-state index >= 15 is 0 Å². The van der Waals surface area contributed by atoms with Crippen LogP contribution in [-0.4, -0.2) is 23.1 Å². The topological polar surface area (TPSA) is 66.8 Å². The molecule has 0 bridgehead atoms. The van der Waals surface area contributed by atoms with E-state index in [-0.39, 0.29) is 0 Å². The summed E-state index contributed by atoms with van der Waals surface area (Å²) in [4.78, 5) is 11.7. The minimum Gasteiger partial charge on any atom is -0.423 e. The molecule has 2 N–H and O–H groups in total. The SMILES string of the molecule is O=C(Oc1ccc(B(O)O)cc1)c1ccccc1. The van der Waals surface area contributed by atoms with Gasteiger partial charge in [-0.2, -0.15) is 0 Å². The molecule has 0 radical (unpaired) electrons. The molecule has 0 saturated carbocycles. The lowest BCUT2D eigenvalue weighted by atomic mass is 9.80. The van der Waals surface area contributed by atoms with Gasteiger partial charge in [-0.15, -0.1) is 0 Å². The third-order valence-corrected chi connectivity index (χ3v) is 2.40. The smallest absolute Gasteiger partial charge is 0.423 e. The van der Waals surface area contributed by atoms with Crippen molar-refractivity contribution >= 4 is 18.6 Å². The van der Waals surface area contributed by atoms with E-state index in [1.807, 2.05) is 6.07 Å². The van der Waals surface area contributed by atoms with Crippen molar-refractivity contribution in [3.05, 3.63) is 60.2 Å². The van der Waals surface area contributed by atoms with Crippen LogP contribution in [0.25, 0.3) is 0 Å². The standard InChI is InChI=1S/C13H11BO4/c15-13(10-4-2-1-3-5-10)18-12-8-6-11(7-9-12)14(16)17/h1-9,16-17H. The highest BCUT2D eigenvalue weighted by molar-refractivity contribution is 6.58. The van der Waals surface area contributed by atoms with Gasteiger partial charge in [0.2, 0.25) is 0 Å². The first kappa shape index (κ1) is 12.4. The molecule has 2 aromatic rings. The van der Waals surface area contributed by atoms with Gasteiger partial charge in [0.25, 0.3) is 0 Å². The van der Waals surface area contributed by atoms with Gasteiger partial charge in [0.05, 0.1) is 5.56 Å². The Bertz CT molecular complexity index is 522. The minimum absolute atomic E-state index is 0.342. The van der Waals surface area contributed by atoms with Gasteiger partial charge in [-0.3, -0.25) is 0 Å². The minimum atomic E-state index is -1.52. The van der Waals surface area contributed by atoms with Crippen LogP contribution >= 0.6 is 0 Å². The molecule has 5 heteroatoms. The molecular formula is C13H11BO4. The van der Waals surface area contributed by atoms with Crippen LogP contribution < -0.4 is 10.2 Å². The molecule has 0 saturated heterocycles. The van der Waals surface area contributed by atoms with Crippen LogP contribution in [0.5, 0.6) is 5.75 Å². The van der Waals surface area contributed by atoms with E-state index in [0.717, 1.165) is 0 Å². The molecule has 0 atom stereocenters. The molecule has 0 heterocycles. The highest BCUT2D eigenvalue weighted by Gasteiger charge is 2.11. The van der Waals surface area contributed by atoms with Crippen molar-refractivity contribution in [1.29, 1.82) is 0 Å². The molecule has 18 heavy (non-hydrogen) atoms. The number of benzene rings is 2. The van der Waals surface area contributed by atoms with Crippen LogP contribution in [0.15, 0.2) is 54.6 Å². The summed E-state index contributed by atoms with van der Waals surface area (Å²) in [6.07, 6.45) is 0. The number of carbonyl (C=O) groups is 1. The molecule has 0 aliphatic rings. The van der Waals surface area contributed by atoms with Gasteiger partial charge in [0.15, 0.2) is 0 Å². The van der Waals surface area contributed by atoms with E-state index in [1.165, 1.54) is 24.3 Å². The average molecular weight is 242 g/mol. The Kier molecular flexibility index (Phi) is 3.77. The molecule has 0 fully saturated rings. The maximum atomic E-state index is 11.7. The van der Waals surface area contributed by atoms with Gasteiger partial charge in [-0.25, -0.2) is 4.79 Å². The van der Waals surface area contributed by atoms with Crippen molar-refractivity contribution in [2.24, 2.45) is 0 Å². The summed E-state index contributed by atoms with van der Waals surface area (Å²) in [6, 6.07) is 14.6. The first-order valence-corrected chi connectivity index (χ1v) is 5.40. The molecule has 0 spiro atoms. The first-order chi connectivity index (χ1) is 8.66. The Morgan fingerprint density at radius 1 is 0.944 bits per heavy atom. The van der Waals surface area contributed by atoms with Crippen molar-refractivity contribution in [3.8, 4) is 5.75 Å². The monoisotopic (exact) mass is 242 g/mol. The molecule has 2 aromatic carbocycles. The van der Waals surface area contributed by atoms with Gasteiger partial charge in [0, 0.05) is 0 Å². The summed E-state index contributed by atoms with van der Waals surface area (Å²) in [5.41, 5.74) is 0.804. The number of hydrogen-bond donors (Lipinski definition) is 2. The van der Waals surface area contributed by atoms with E-state index in [9.17, 15) is 4.79 Å². The zero-order chi connectivity index (χ0) is 13.0. The third-order valence-electron chi connectivity index (χ3n) is 2.40. The Morgan fingerprint density at radius 3 is 2.11 bits per heavy atom. The van der Waals surface area contributed by atoms with E-state index in [0.29, 0.717) is 16.8 Å². The predicted molar refractivity (Wildman–Crippen MR) is 67.7 cm³/mol. The van der Waals surface area contributed by atoms with Gasteiger partial charge >= 0.3 is 13.1 Å². The fourth-order valence-electron chi connectivity index (χ4n) is 1.45. The van der Waals surface area contributed by atoms with Crippen LogP contribution in [0.4, 0.5) is 0 Å². The summed E-state index contributed by atoms with van der Waals surface area (Å²) >= 11 is 0. The zero-order valence-corrected chi connectivity index (χ0v) is 9.48. The molecule has 0 unspecified atom stereocenters. The maximum Gasteiger partial charge on any atom is 0.488 e. The second-order valence-corrected chi connectivity index (χ2v) is 3.70. The van der Waals surface area contributed by atoms with Crippen LogP contribution in [0.1, 0.15) is 10.4 Å². The number of rotatable bonds is 3. The predicted octanol–water partition coefficient (Wildman–Crippen LogP) is 0.586. The Labute approximate surface area is 105 Å². The van der Waals surface area contributed by atoms with Crippen molar-refractivity contribution < 1.29 is 19.6 Å². The Balaban J connectivity index is 2.08. The van der Waals surface area contributed by atoms with Crippen molar-refractivity contribution in [1.82, 2.24) is 0 Å². The largest absolute Gasteiger partial charge is 0.488 e. The second kappa shape index (κ2) is 5.49. The Hall–Kier alpha value is -2.11. The summed E-state index contributed by atoms with van der Waals surface area (Å²) in [7, 11) is -1.52. The molecule has 0 aliphatic heterocycles. The Morgan fingerprint density at radius 2 is 1.56 bits per heavy atom. The van der Waals surface area contributed by atoms with Crippen LogP contribution in [0, 0.1) is 0 Å². The molecular weight excluding hydrogens is 231 g/mol. The number of esters is 1. The summed E-state index contributed by atoms with van der Waals surface area (Å²) in [5, 5.41) is 17.8. The summed E-state index contributed by atoms with van der Waals surface area (Å²) in [5.74, 6) is -0.0962. The lowest BCUT2D eigenvalue weighted by Crippen LogP contribution is -2.29. The van der Waals surface area contributed by atoms with Gasteiger partial charge < -0.3 is 14.8 Å². The highest BCUT2D eigenvalue weighted by atomic mass is 16.5. The quantitative estimate of drug-likeness (QED) is 0.469. The first-order valence-electron chi connectivity index (χ1n) is 5.40. The average Bonchev–Trinajstić information content (AvgIpc) is 2.40. The lowest BCUT2D eigenvalue weighted by molar-refractivity contribution is 0.0735. The van der Waals surface area contributed by atoms with Gasteiger partial charge in [-0.1, -0.05) is 30.3 Å². The van der Waals surface area contributed by atoms with Crippen molar-refractivity contribution in [2.75, 3.05) is 0 Å².